The Hall–Kier alpha value is -2.27. The molecule has 0 spiro atoms. The molecular weight excluding hydrogens is 322 g/mol. The Morgan fingerprint density at radius 3 is 2.17 bits per heavy atom. The highest BCUT2D eigenvalue weighted by Crippen LogP contribution is 2.19. The van der Waals surface area contributed by atoms with E-state index in [1.165, 1.54) is 0 Å². The summed E-state index contributed by atoms with van der Waals surface area (Å²) in [4.78, 5) is 23.3. The maximum Gasteiger partial charge on any atom is 0.326 e. The Morgan fingerprint density at radius 1 is 1.04 bits per heavy atom. The molecule has 0 aliphatic carbocycles. The topological polar surface area (TPSA) is 66.4 Å². The lowest BCUT2D eigenvalue weighted by molar-refractivity contribution is -0.141. The fraction of sp³-hybridized carbons (Fsp3) is 0.263. The Kier molecular flexibility index (Phi) is 6.44. The number of carboxylic acid groups (broad SMARTS) is 1. The maximum absolute atomic E-state index is 11.9. The average molecular weight is 343 g/mol. The number of carboxylic acids is 1. The number of rotatable bonds is 7. The molecule has 24 heavy (non-hydrogen) atoms. The molecule has 1 amide bonds. The van der Waals surface area contributed by atoms with Gasteiger partial charge in [0, 0.05) is 6.42 Å². The number of carbonyl (C=O) groups excluding carboxylic acids is 1. The molecule has 0 unspecified atom stereocenters. The van der Waals surface area contributed by atoms with Gasteiger partial charge in [-0.3, -0.25) is 4.79 Å². The zero-order valence-electron chi connectivity index (χ0n) is 13.5. The number of hydrogen-bond acceptors (Lipinski definition) is 3. The van der Waals surface area contributed by atoms with Crippen LogP contribution >= 0.6 is 12.6 Å². The molecule has 0 saturated heterocycles. The minimum absolute atomic E-state index is 0.236. The van der Waals surface area contributed by atoms with Crippen molar-refractivity contribution in [3.63, 3.8) is 0 Å². The van der Waals surface area contributed by atoms with Crippen molar-refractivity contribution in [3.8, 4) is 11.1 Å². The SMILES string of the molecule is CC[C@@H](S)C(=O)N[C@@H](Cc1ccc(-c2ccccc2)cc1)C(=O)O. The van der Waals surface area contributed by atoms with Gasteiger partial charge in [-0.25, -0.2) is 4.79 Å². The first kappa shape index (κ1) is 18.1. The number of thiol groups is 1. The van der Waals surface area contributed by atoms with E-state index in [2.05, 4.69) is 17.9 Å². The Labute approximate surface area is 147 Å². The molecule has 0 bridgehead atoms. The highest BCUT2D eigenvalue weighted by Gasteiger charge is 2.22. The van der Waals surface area contributed by atoms with Crippen LogP contribution in [0.4, 0.5) is 0 Å². The van der Waals surface area contributed by atoms with E-state index in [9.17, 15) is 14.7 Å². The lowest BCUT2D eigenvalue weighted by Crippen LogP contribution is -2.45. The fourth-order valence-electron chi connectivity index (χ4n) is 2.35. The summed E-state index contributed by atoms with van der Waals surface area (Å²) < 4.78 is 0. The molecule has 126 valence electrons. The molecule has 2 atom stereocenters. The van der Waals surface area contributed by atoms with Crippen molar-refractivity contribution in [2.75, 3.05) is 0 Å². The first-order valence-corrected chi connectivity index (χ1v) is 8.38. The highest BCUT2D eigenvalue weighted by molar-refractivity contribution is 7.81. The van der Waals surface area contributed by atoms with Gasteiger partial charge >= 0.3 is 5.97 Å². The Bertz CT molecular complexity index is 686. The predicted molar refractivity (Wildman–Crippen MR) is 98.2 cm³/mol. The largest absolute Gasteiger partial charge is 0.480 e. The second kappa shape index (κ2) is 8.55. The van der Waals surface area contributed by atoms with Crippen molar-refractivity contribution in [2.24, 2.45) is 0 Å². The van der Waals surface area contributed by atoms with Crippen LogP contribution < -0.4 is 5.32 Å². The van der Waals surface area contributed by atoms with Gasteiger partial charge < -0.3 is 10.4 Å². The minimum atomic E-state index is -1.05. The van der Waals surface area contributed by atoms with Gasteiger partial charge in [0.15, 0.2) is 0 Å². The molecule has 5 heteroatoms. The van der Waals surface area contributed by atoms with Crippen LogP contribution in [0.15, 0.2) is 54.6 Å². The Balaban J connectivity index is 2.07. The molecule has 2 N–H and O–H groups in total. The van der Waals surface area contributed by atoms with E-state index in [1.54, 1.807) is 0 Å². The summed E-state index contributed by atoms with van der Waals surface area (Å²) in [5.74, 6) is -1.40. The van der Waals surface area contributed by atoms with Crippen molar-refractivity contribution in [2.45, 2.75) is 31.1 Å². The number of benzene rings is 2. The molecule has 2 aromatic carbocycles. The van der Waals surface area contributed by atoms with E-state index in [0.717, 1.165) is 16.7 Å². The number of carbonyl (C=O) groups is 2. The third kappa shape index (κ3) is 4.86. The summed E-state index contributed by atoms with van der Waals surface area (Å²) >= 11 is 4.14. The van der Waals surface area contributed by atoms with Gasteiger partial charge in [0.05, 0.1) is 5.25 Å². The fourth-order valence-corrected chi connectivity index (χ4v) is 2.43. The lowest BCUT2D eigenvalue weighted by Gasteiger charge is -2.17. The third-order valence-corrected chi connectivity index (χ3v) is 4.40. The van der Waals surface area contributed by atoms with E-state index in [-0.39, 0.29) is 12.3 Å². The molecule has 0 heterocycles. The standard InChI is InChI=1S/C19H21NO3S/c1-2-17(24)18(21)20-16(19(22)23)12-13-8-10-15(11-9-13)14-6-4-3-5-7-14/h3-11,16-17,24H,2,12H2,1H3,(H,20,21)(H,22,23)/t16-,17+/m0/s1. The first-order valence-electron chi connectivity index (χ1n) is 7.87. The molecule has 4 nitrogen and oxygen atoms in total. The van der Waals surface area contributed by atoms with Crippen LogP contribution in [0.3, 0.4) is 0 Å². The monoisotopic (exact) mass is 343 g/mol. The van der Waals surface area contributed by atoms with Crippen molar-refractivity contribution < 1.29 is 14.7 Å². The van der Waals surface area contributed by atoms with Gasteiger partial charge in [-0.1, -0.05) is 61.5 Å². The van der Waals surface area contributed by atoms with Gasteiger partial charge in [-0.15, -0.1) is 0 Å². The minimum Gasteiger partial charge on any atom is -0.480 e. The molecule has 2 aromatic rings. The highest BCUT2D eigenvalue weighted by atomic mass is 32.1. The van der Waals surface area contributed by atoms with E-state index in [1.807, 2.05) is 61.5 Å². The van der Waals surface area contributed by atoms with E-state index in [4.69, 9.17) is 0 Å². The van der Waals surface area contributed by atoms with Crippen LogP contribution in [0.5, 0.6) is 0 Å². The predicted octanol–water partition coefficient (Wildman–Crippen LogP) is 3.17. The Morgan fingerprint density at radius 2 is 1.62 bits per heavy atom. The van der Waals surface area contributed by atoms with Crippen molar-refractivity contribution in [3.05, 3.63) is 60.2 Å². The normalized spacial score (nSPS) is 13.1. The van der Waals surface area contributed by atoms with Gasteiger partial charge in [0.1, 0.15) is 6.04 Å². The van der Waals surface area contributed by atoms with Gasteiger partial charge in [-0.2, -0.15) is 12.6 Å². The van der Waals surface area contributed by atoms with Crippen molar-refractivity contribution >= 4 is 24.5 Å². The van der Waals surface area contributed by atoms with E-state index < -0.39 is 17.3 Å². The summed E-state index contributed by atoms with van der Waals surface area (Å²) in [6, 6.07) is 16.7. The molecule has 0 aliphatic rings. The summed E-state index contributed by atoms with van der Waals surface area (Å²) in [5.41, 5.74) is 3.03. The molecule has 0 saturated carbocycles. The number of nitrogens with one attached hydrogen (secondary N) is 1. The first-order chi connectivity index (χ1) is 11.5. The molecule has 0 fully saturated rings. The summed E-state index contributed by atoms with van der Waals surface area (Å²) in [7, 11) is 0. The van der Waals surface area contributed by atoms with Crippen LogP contribution in [-0.4, -0.2) is 28.3 Å². The molecule has 0 radical (unpaired) electrons. The van der Waals surface area contributed by atoms with Gasteiger partial charge in [0.2, 0.25) is 5.91 Å². The second-order valence-corrected chi connectivity index (χ2v) is 6.21. The zero-order valence-corrected chi connectivity index (χ0v) is 14.4. The van der Waals surface area contributed by atoms with E-state index >= 15 is 0 Å². The summed E-state index contributed by atoms with van der Waals surface area (Å²) in [6.45, 7) is 1.83. The maximum atomic E-state index is 11.9. The van der Waals surface area contributed by atoms with Crippen LogP contribution in [0.25, 0.3) is 11.1 Å². The van der Waals surface area contributed by atoms with Crippen LogP contribution in [0.1, 0.15) is 18.9 Å². The van der Waals surface area contributed by atoms with Gasteiger partial charge in [-0.05, 0) is 23.1 Å². The summed E-state index contributed by atoms with van der Waals surface area (Å²) in [5, 5.41) is 11.4. The zero-order chi connectivity index (χ0) is 17.5. The number of aliphatic carboxylic acids is 1. The number of hydrogen-bond donors (Lipinski definition) is 3. The lowest BCUT2D eigenvalue weighted by atomic mass is 10.0. The third-order valence-electron chi connectivity index (χ3n) is 3.80. The molecule has 0 aromatic heterocycles. The molecular formula is C19H21NO3S. The second-order valence-electron chi connectivity index (χ2n) is 5.59. The molecule has 2 rings (SSSR count). The quantitative estimate of drug-likeness (QED) is 0.677. The summed E-state index contributed by atoms with van der Waals surface area (Å²) in [6.07, 6.45) is 0.785. The van der Waals surface area contributed by atoms with Crippen molar-refractivity contribution in [1.29, 1.82) is 0 Å². The van der Waals surface area contributed by atoms with Crippen LogP contribution in [0, 0.1) is 0 Å². The van der Waals surface area contributed by atoms with Crippen molar-refractivity contribution in [1.82, 2.24) is 5.32 Å². The van der Waals surface area contributed by atoms with Crippen LogP contribution in [-0.2, 0) is 16.0 Å². The van der Waals surface area contributed by atoms with E-state index in [0.29, 0.717) is 6.42 Å². The number of amides is 1. The molecule has 0 aliphatic heterocycles. The van der Waals surface area contributed by atoms with Gasteiger partial charge in [0.25, 0.3) is 0 Å². The smallest absolute Gasteiger partial charge is 0.326 e. The average Bonchev–Trinajstić information content (AvgIpc) is 2.61. The van der Waals surface area contributed by atoms with Crippen LogP contribution in [0.2, 0.25) is 0 Å².